The third-order valence-corrected chi connectivity index (χ3v) is 10.1. The molecule has 4 heteroatoms. The Balaban J connectivity index is 1.26. The number of hydrogen-bond acceptors (Lipinski definition) is 4. The van der Waals surface area contributed by atoms with Crippen molar-refractivity contribution in [2.75, 3.05) is 4.90 Å². The summed E-state index contributed by atoms with van der Waals surface area (Å²) in [6.45, 7) is 0. The van der Waals surface area contributed by atoms with Crippen LogP contribution in [-0.4, -0.2) is 9.97 Å². The lowest BCUT2D eigenvalue weighted by atomic mass is 9.79. The van der Waals surface area contributed by atoms with Gasteiger partial charge < -0.3 is 9.32 Å². The summed E-state index contributed by atoms with van der Waals surface area (Å²) in [7, 11) is 0. The van der Waals surface area contributed by atoms with Gasteiger partial charge in [0.1, 0.15) is 5.52 Å². The van der Waals surface area contributed by atoms with Crippen LogP contribution in [0.25, 0.3) is 55.7 Å². The number of aromatic nitrogens is 2. The van der Waals surface area contributed by atoms with Crippen molar-refractivity contribution in [1.82, 2.24) is 9.97 Å². The van der Waals surface area contributed by atoms with Crippen LogP contribution in [0, 0.1) is 0 Å². The van der Waals surface area contributed by atoms with Gasteiger partial charge in [-0.25, -0.2) is 4.98 Å². The van der Waals surface area contributed by atoms with E-state index in [1.54, 1.807) is 0 Å². The number of benzene rings is 6. The minimum Gasteiger partial charge on any atom is -0.436 e. The molecule has 0 amide bonds. The van der Waals surface area contributed by atoms with Crippen molar-refractivity contribution < 1.29 is 4.42 Å². The first-order valence-corrected chi connectivity index (χ1v) is 17.7. The Morgan fingerprint density at radius 3 is 1.96 bits per heavy atom. The molecule has 0 unspecified atom stereocenters. The fourth-order valence-corrected chi connectivity index (χ4v) is 7.66. The topological polar surface area (TPSA) is 42.2 Å². The number of hydrogen-bond donors (Lipinski definition) is 0. The second-order valence-electron chi connectivity index (χ2n) is 13.3. The van der Waals surface area contributed by atoms with Gasteiger partial charge in [-0.3, -0.25) is 4.98 Å². The summed E-state index contributed by atoms with van der Waals surface area (Å²) in [6, 6.07) is 53.9. The van der Waals surface area contributed by atoms with E-state index < -0.39 is 0 Å². The molecule has 2 aromatic heterocycles. The predicted octanol–water partition coefficient (Wildman–Crippen LogP) is 12.9. The first-order valence-electron chi connectivity index (χ1n) is 17.7. The van der Waals surface area contributed by atoms with E-state index in [4.69, 9.17) is 9.40 Å². The van der Waals surface area contributed by atoms with Crippen LogP contribution in [0.3, 0.4) is 0 Å². The van der Waals surface area contributed by atoms with Crippen molar-refractivity contribution in [2.24, 2.45) is 0 Å². The van der Waals surface area contributed by atoms with Gasteiger partial charge in [0.05, 0.1) is 5.52 Å². The van der Waals surface area contributed by atoms with E-state index in [9.17, 15) is 0 Å². The molecule has 1 aliphatic rings. The molecule has 8 aromatic rings. The van der Waals surface area contributed by atoms with Gasteiger partial charge in [0.25, 0.3) is 0 Å². The standard InChI is InChI=1S/C46H37N3O/c1-5-14-32(15-6-1)41-25-23-35(31-42(41)33-16-7-2-8-17-33)36-28-37(46-48-45-43(50-46)26-24-34-18-13-27-47-44(34)45)30-40(29-36)49(38-19-9-3-10-20-38)39-21-11-4-12-22-39/h1,3-6,9-15,18-31,33H,2,7-8,16-17H2. The van der Waals surface area contributed by atoms with E-state index >= 15 is 0 Å². The molecule has 4 nitrogen and oxygen atoms in total. The van der Waals surface area contributed by atoms with Crippen molar-refractivity contribution >= 4 is 39.1 Å². The van der Waals surface area contributed by atoms with E-state index in [-0.39, 0.29) is 0 Å². The summed E-state index contributed by atoms with van der Waals surface area (Å²) in [5, 5.41) is 1.04. The number of anilines is 3. The van der Waals surface area contributed by atoms with Gasteiger partial charge in [0.15, 0.2) is 5.58 Å². The molecule has 1 saturated carbocycles. The van der Waals surface area contributed by atoms with Crippen LogP contribution in [0.4, 0.5) is 17.1 Å². The number of fused-ring (bicyclic) bond motifs is 3. The molecule has 1 fully saturated rings. The van der Waals surface area contributed by atoms with Gasteiger partial charge in [0.2, 0.25) is 5.89 Å². The normalized spacial score (nSPS) is 13.5. The number of para-hydroxylation sites is 2. The van der Waals surface area contributed by atoms with E-state index in [2.05, 4.69) is 149 Å². The second-order valence-corrected chi connectivity index (χ2v) is 13.3. The number of rotatable bonds is 7. The summed E-state index contributed by atoms with van der Waals surface area (Å²) in [6.07, 6.45) is 8.17. The highest BCUT2D eigenvalue weighted by Crippen LogP contribution is 2.43. The highest BCUT2D eigenvalue weighted by molar-refractivity contribution is 6.01. The maximum atomic E-state index is 6.53. The van der Waals surface area contributed by atoms with Gasteiger partial charge in [-0.05, 0) is 107 Å². The summed E-state index contributed by atoms with van der Waals surface area (Å²) in [5.74, 6) is 1.13. The Kier molecular flexibility index (Phi) is 7.90. The molecule has 9 rings (SSSR count). The summed E-state index contributed by atoms with van der Waals surface area (Å²) in [5.41, 5.74) is 12.8. The molecular formula is C46H37N3O. The third-order valence-electron chi connectivity index (χ3n) is 10.1. The van der Waals surface area contributed by atoms with Crippen molar-refractivity contribution in [3.05, 3.63) is 163 Å². The Bertz CT molecular complexity index is 2370. The number of pyridine rings is 1. The van der Waals surface area contributed by atoms with E-state index in [0.29, 0.717) is 11.8 Å². The maximum absolute atomic E-state index is 6.53. The van der Waals surface area contributed by atoms with Crippen molar-refractivity contribution in [2.45, 2.75) is 38.0 Å². The number of oxazole rings is 1. The zero-order valence-corrected chi connectivity index (χ0v) is 27.9. The predicted molar refractivity (Wildman–Crippen MR) is 206 cm³/mol. The Morgan fingerprint density at radius 2 is 1.22 bits per heavy atom. The molecule has 0 saturated heterocycles. The zero-order chi connectivity index (χ0) is 33.3. The highest BCUT2D eigenvalue weighted by Gasteiger charge is 2.22. The first-order chi connectivity index (χ1) is 24.8. The van der Waals surface area contributed by atoms with Crippen LogP contribution in [0.5, 0.6) is 0 Å². The van der Waals surface area contributed by atoms with Gasteiger partial charge in [-0.1, -0.05) is 110 Å². The quantitative estimate of drug-likeness (QED) is 0.173. The average molecular weight is 648 g/mol. The van der Waals surface area contributed by atoms with Crippen molar-refractivity contribution in [1.29, 1.82) is 0 Å². The fourth-order valence-electron chi connectivity index (χ4n) is 7.66. The van der Waals surface area contributed by atoms with Crippen LogP contribution in [0.1, 0.15) is 43.6 Å². The minimum atomic E-state index is 0.546. The molecule has 242 valence electrons. The molecular weight excluding hydrogens is 611 g/mol. The molecule has 2 heterocycles. The minimum absolute atomic E-state index is 0.546. The fraction of sp³-hybridized carbons (Fsp3) is 0.130. The molecule has 0 spiro atoms. The number of nitrogens with zero attached hydrogens (tertiary/aromatic N) is 3. The van der Waals surface area contributed by atoms with Gasteiger partial charge in [-0.2, -0.15) is 0 Å². The Morgan fingerprint density at radius 1 is 0.520 bits per heavy atom. The maximum Gasteiger partial charge on any atom is 0.227 e. The smallest absolute Gasteiger partial charge is 0.227 e. The lowest BCUT2D eigenvalue weighted by molar-refractivity contribution is 0.444. The third kappa shape index (κ3) is 5.73. The largest absolute Gasteiger partial charge is 0.436 e. The van der Waals surface area contributed by atoms with Crippen LogP contribution in [-0.2, 0) is 0 Å². The van der Waals surface area contributed by atoms with Crippen molar-refractivity contribution in [3.8, 4) is 33.7 Å². The SMILES string of the molecule is c1ccc(-c2ccc(-c3cc(-c4nc5c(ccc6cccnc65)o4)cc(N(c4ccccc4)c4ccccc4)c3)cc2C2CCCCC2)cc1. The van der Waals surface area contributed by atoms with E-state index in [1.807, 2.05) is 18.3 Å². The second kappa shape index (κ2) is 13.1. The highest BCUT2D eigenvalue weighted by atomic mass is 16.3. The monoisotopic (exact) mass is 647 g/mol. The Hall–Kier alpha value is -6.00. The van der Waals surface area contributed by atoms with E-state index in [0.717, 1.165) is 50.2 Å². The lowest BCUT2D eigenvalue weighted by Gasteiger charge is -2.27. The Labute approximate surface area is 292 Å². The molecule has 0 atom stereocenters. The average Bonchev–Trinajstić information content (AvgIpc) is 3.65. The van der Waals surface area contributed by atoms with Gasteiger partial charge >= 0.3 is 0 Å². The molecule has 0 N–H and O–H groups in total. The molecule has 0 bridgehead atoms. The molecule has 6 aromatic carbocycles. The molecule has 0 radical (unpaired) electrons. The molecule has 50 heavy (non-hydrogen) atoms. The first kappa shape index (κ1) is 30.1. The summed E-state index contributed by atoms with van der Waals surface area (Å²) in [4.78, 5) is 12.1. The summed E-state index contributed by atoms with van der Waals surface area (Å²) < 4.78 is 6.53. The summed E-state index contributed by atoms with van der Waals surface area (Å²) >= 11 is 0. The molecule has 0 aliphatic heterocycles. The van der Waals surface area contributed by atoms with E-state index in [1.165, 1.54) is 54.4 Å². The lowest BCUT2D eigenvalue weighted by Crippen LogP contribution is -2.10. The van der Waals surface area contributed by atoms with Crippen LogP contribution < -0.4 is 4.90 Å². The molecule has 1 aliphatic carbocycles. The van der Waals surface area contributed by atoms with Gasteiger partial charge in [-0.15, -0.1) is 0 Å². The van der Waals surface area contributed by atoms with Crippen LogP contribution in [0.2, 0.25) is 0 Å². The van der Waals surface area contributed by atoms with Crippen LogP contribution >= 0.6 is 0 Å². The van der Waals surface area contributed by atoms with Crippen LogP contribution in [0.15, 0.2) is 162 Å². The zero-order valence-electron chi connectivity index (χ0n) is 27.9. The van der Waals surface area contributed by atoms with Crippen molar-refractivity contribution in [3.63, 3.8) is 0 Å². The van der Waals surface area contributed by atoms with Gasteiger partial charge in [0, 0.05) is 34.2 Å².